The standard InChI is InChI=1S/C27H32N2O3S/c1-17-12-21-23(28-17)6-4-8-25(21)32-16-20(30)15-29-11-10-19(13-18(29)2)27-14-22-24(31-3)7-5-9-26(22)33-27/h4-9,12,14,18-20,28,30H,10-11,13,15-16H2,1-3H3/t18-,19-,20?/m0/s1. The van der Waals surface area contributed by atoms with Crippen LogP contribution in [-0.4, -0.2) is 53.9 Å². The van der Waals surface area contributed by atoms with Gasteiger partial charge in [-0.2, -0.15) is 0 Å². The second kappa shape index (κ2) is 9.37. The maximum Gasteiger partial charge on any atom is 0.128 e. The van der Waals surface area contributed by atoms with Gasteiger partial charge in [0.15, 0.2) is 0 Å². The van der Waals surface area contributed by atoms with E-state index in [1.54, 1.807) is 7.11 Å². The number of ether oxygens (including phenoxy) is 2. The van der Waals surface area contributed by atoms with Crippen LogP contribution in [0.1, 0.15) is 36.3 Å². The number of hydrogen-bond donors (Lipinski definition) is 2. The molecule has 0 aliphatic carbocycles. The number of nitrogens with zero attached hydrogens (tertiary/aromatic N) is 1. The van der Waals surface area contributed by atoms with Crippen molar-refractivity contribution in [3.63, 3.8) is 0 Å². The third-order valence-corrected chi connectivity index (χ3v) is 8.07. The Morgan fingerprint density at radius 2 is 1.97 bits per heavy atom. The molecular weight excluding hydrogens is 432 g/mol. The topological polar surface area (TPSA) is 57.7 Å². The Bertz CT molecular complexity index is 1250. The Labute approximate surface area is 198 Å². The number of aromatic nitrogens is 1. The number of aliphatic hydroxyl groups is 1. The lowest BCUT2D eigenvalue weighted by molar-refractivity contribution is 0.0408. The molecule has 2 aromatic heterocycles. The number of hydrogen-bond acceptors (Lipinski definition) is 5. The highest BCUT2D eigenvalue weighted by Gasteiger charge is 2.29. The molecule has 2 N–H and O–H groups in total. The van der Waals surface area contributed by atoms with Crippen LogP contribution in [0.2, 0.25) is 0 Å². The highest BCUT2D eigenvalue weighted by molar-refractivity contribution is 7.19. The molecule has 174 valence electrons. The van der Waals surface area contributed by atoms with Crippen molar-refractivity contribution < 1.29 is 14.6 Å². The second-order valence-corrected chi connectivity index (χ2v) is 10.3. The first-order chi connectivity index (χ1) is 16.0. The highest BCUT2D eigenvalue weighted by atomic mass is 32.1. The number of rotatable bonds is 7. The average Bonchev–Trinajstić information content (AvgIpc) is 3.41. The maximum absolute atomic E-state index is 10.7. The Hall–Kier alpha value is -2.54. The van der Waals surface area contributed by atoms with Gasteiger partial charge >= 0.3 is 0 Å². The predicted molar refractivity (Wildman–Crippen MR) is 136 cm³/mol. The molecule has 0 saturated carbocycles. The van der Waals surface area contributed by atoms with Gasteiger partial charge in [0.2, 0.25) is 0 Å². The van der Waals surface area contributed by atoms with E-state index in [2.05, 4.69) is 41.1 Å². The van der Waals surface area contributed by atoms with E-state index in [-0.39, 0.29) is 0 Å². The molecule has 2 aromatic carbocycles. The highest BCUT2D eigenvalue weighted by Crippen LogP contribution is 2.40. The maximum atomic E-state index is 10.7. The van der Waals surface area contributed by atoms with E-state index in [4.69, 9.17) is 9.47 Å². The summed E-state index contributed by atoms with van der Waals surface area (Å²) in [4.78, 5) is 7.18. The molecular formula is C27H32N2O3S. The van der Waals surface area contributed by atoms with E-state index >= 15 is 0 Å². The zero-order valence-electron chi connectivity index (χ0n) is 19.5. The van der Waals surface area contributed by atoms with Crippen molar-refractivity contribution in [2.45, 2.75) is 44.8 Å². The van der Waals surface area contributed by atoms with E-state index < -0.39 is 6.10 Å². The van der Waals surface area contributed by atoms with Crippen LogP contribution in [0.25, 0.3) is 21.0 Å². The van der Waals surface area contributed by atoms with Gasteiger partial charge in [-0.3, -0.25) is 4.90 Å². The fraction of sp³-hybridized carbons (Fsp3) is 0.407. The van der Waals surface area contributed by atoms with E-state index in [0.29, 0.717) is 25.1 Å². The Kier molecular flexibility index (Phi) is 6.32. The van der Waals surface area contributed by atoms with Gasteiger partial charge in [-0.15, -0.1) is 11.3 Å². The zero-order valence-corrected chi connectivity index (χ0v) is 20.3. The van der Waals surface area contributed by atoms with Gasteiger partial charge in [0.05, 0.1) is 7.11 Å². The first-order valence-electron chi connectivity index (χ1n) is 11.7. The van der Waals surface area contributed by atoms with Crippen LogP contribution < -0.4 is 9.47 Å². The lowest BCUT2D eigenvalue weighted by Crippen LogP contribution is -2.45. The monoisotopic (exact) mass is 464 g/mol. The second-order valence-electron chi connectivity index (χ2n) is 9.22. The quantitative estimate of drug-likeness (QED) is 0.368. The van der Waals surface area contributed by atoms with Gasteiger partial charge < -0.3 is 19.6 Å². The van der Waals surface area contributed by atoms with Crippen molar-refractivity contribution in [1.29, 1.82) is 0 Å². The summed E-state index contributed by atoms with van der Waals surface area (Å²) in [6.45, 7) is 6.24. The molecule has 1 aliphatic rings. The number of piperidine rings is 1. The fourth-order valence-corrected chi connectivity index (χ4v) is 6.31. The van der Waals surface area contributed by atoms with Crippen molar-refractivity contribution in [1.82, 2.24) is 9.88 Å². The molecule has 1 aliphatic heterocycles. The molecule has 0 radical (unpaired) electrons. The van der Waals surface area contributed by atoms with E-state index in [1.807, 2.05) is 42.5 Å². The Morgan fingerprint density at radius 1 is 1.15 bits per heavy atom. The summed E-state index contributed by atoms with van der Waals surface area (Å²) in [7, 11) is 1.74. The molecule has 0 spiro atoms. The number of fused-ring (bicyclic) bond motifs is 2. The van der Waals surface area contributed by atoms with Crippen LogP contribution in [0, 0.1) is 6.92 Å². The van der Waals surface area contributed by atoms with Crippen LogP contribution in [-0.2, 0) is 0 Å². The molecule has 3 atom stereocenters. The lowest BCUT2D eigenvalue weighted by atomic mass is 9.90. The van der Waals surface area contributed by atoms with E-state index in [1.165, 1.54) is 15.0 Å². The van der Waals surface area contributed by atoms with Crippen LogP contribution in [0.4, 0.5) is 0 Å². The number of β-amino-alcohol motifs (C(OH)–C–C–N with tert-alkyl or cyclic N) is 1. The molecule has 5 rings (SSSR count). The largest absolute Gasteiger partial charge is 0.496 e. The SMILES string of the molecule is COc1cccc2sc([C@H]3CCN(CC(O)COc4cccc5[nH]c(C)cc45)[C@@H](C)C3)cc12. The van der Waals surface area contributed by atoms with Crippen LogP contribution in [0.15, 0.2) is 48.5 Å². The summed E-state index contributed by atoms with van der Waals surface area (Å²) in [5.74, 6) is 2.33. The van der Waals surface area contributed by atoms with Gasteiger partial charge in [0.1, 0.15) is 24.2 Å². The van der Waals surface area contributed by atoms with Crippen molar-refractivity contribution in [3.8, 4) is 11.5 Å². The first kappa shape index (κ1) is 22.3. The molecule has 0 bridgehead atoms. The van der Waals surface area contributed by atoms with Crippen molar-refractivity contribution in [3.05, 3.63) is 59.1 Å². The molecule has 4 aromatic rings. The molecule has 1 fully saturated rings. The number of aliphatic hydroxyl groups excluding tert-OH is 1. The van der Waals surface area contributed by atoms with E-state index in [0.717, 1.165) is 47.5 Å². The van der Waals surface area contributed by atoms with Gasteiger partial charge in [0, 0.05) is 44.1 Å². The third kappa shape index (κ3) is 4.60. The average molecular weight is 465 g/mol. The molecule has 6 heteroatoms. The molecule has 3 heterocycles. The zero-order chi connectivity index (χ0) is 22.9. The molecule has 33 heavy (non-hydrogen) atoms. The van der Waals surface area contributed by atoms with Gasteiger partial charge in [-0.05, 0) is 75.5 Å². The fourth-order valence-electron chi connectivity index (χ4n) is 5.09. The lowest BCUT2D eigenvalue weighted by Gasteiger charge is -2.38. The van der Waals surface area contributed by atoms with Gasteiger partial charge in [0.25, 0.3) is 0 Å². The molecule has 5 nitrogen and oxygen atoms in total. The number of benzene rings is 2. The smallest absolute Gasteiger partial charge is 0.128 e. The summed E-state index contributed by atoms with van der Waals surface area (Å²) in [6, 6.07) is 17.1. The third-order valence-electron chi connectivity index (χ3n) is 6.81. The van der Waals surface area contributed by atoms with Gasteiger partial charge in [-0.25, -0.2) is 0 Å². The first-order valence-corrected chi connectivity index (χ1v) is 12.5. The summed E-state index contributed by atoms with van der Waals surface area (Å²) in [5.41, 5.74) is 2.17. The summed E-state index contributed by atoms with van der Waals surface area (Å²) < 4.78 is 12.8. The normalized spacial score (nSPS) is 20.4. The minimum absolute atomic E-state index is 0.298. The summed E-state index contributed by atoms with van der Waals surface area (Å²) in [5, 5.41) is 13.0. The molecule has 1 saturated heterocycles. The Morgan fingerprint density at radius 3 is 2.79 bits per heavy atom. The molecule has 0 amide bonds. The minimum atomic E-state index is -0.520. The Balaban J connectivity index is 1.18. The number of aryl methyl sites for hydroxylation is 1. The van der Waals surface area contributed by atoms with Crippen LogP contribution >= 0.6 is 11.3 Å². The number of thiophene rings is 1. The minimum Gasteiger partial charge on any atom is -0.496 e. The summed E-state index contributed by atoms with van der Waals surface area (Å²) in [6.07, 6.45) is 1.69. The number of nitrogens with one attached hydrogen (secondary N) is 1. The predicted octanol–water partition coefficient (Wildman–Crippen LogP) is 5.71. The van der Waals surface area contributed by atoms with Crippen molar-refractivity contribution in [2.75, 3.05) is 26.8 Å². The number of H-pyrrole nitrogens is 1. The van der Waals surface area contributed by atoms with Crippen LogP contribution in [0.5, 0.6) is 11.5 Å². The molecule has 1 unspecified atom stereocenters. The van der Waals surface area contributed by atoms with Crippen molar-refractivity contribution in [2.24, 2.45) is 0 Å². The van der Waals surface area contributed by atoms with Gasteiger partial charge in [-0.1, -0.05) is 12.1 Å². The number of likely N-dealkylation sites (tertiary alicyclic amines) is 1. The summed E-state index contributed by atoms with van der Waals surface area (Å²) >= 11 is 1.89. The number of methoxy groups -OCH3 is 1. The van der Waals surface area contributed by atoms with E-state index in [9.17, 15) is 5.11 Å². The van der Waals surface area contributed by atoms with Crippen molar-refractivity contribution >= 4 is 32.3 Å². The van der Waals surface area contributed by atoms with Crippen LogP contribution in [0.3, 0.4) is 0 Å². The number of aromatic amines is 1.